The standard InChI is InChI=1S/C26H29F6N5O2S/c1-37(2)18-7-5-17(6-8-18)34-25-33-13-22-23(36-25)19(24(28)29)12-21(35-22)15-3-4-16(20(27)11-15)14-40(38,39)10-9-26(30,31)32/h3-4,11-13,17-18,24H,5-10,14H2,1-2H3,(H,33,34,36). The Bertz CT molecular complexity index is 1460. The van der Waals surface area contributed by atoms with Gasteiger partial charge in [-0.3, -0.25) is 0 Å². The zero-order chi connectivity index (χ0) is 29.2. The fourth-order valence-corrected chi connectivity index (χ4v) is 6.15. The molecule has 0 saturated heterocycles. The molecule has 0 radical (unpaired) electrons. The number of sulfone groups is 1. The maximum Gasteiger partial charge on any atom is 0.390 e. The van der Waals surface area contributed by atoms with E-state index in [1.807, 2.05) is 14.1 Å². The molecule has 2 aromatic heterocycles. The van der Waals surface area contributed by atoms with E-state index >= 15 is 0 Å². The number of benzene rings is 1. The summed E-state index contributed by atoms with van der Waals surface area (Å²) in [6.07, 6.45) is -4.08. The van der Waals surface area contributed by atoms with Crippen LogP contribution >= 0.6 is 0 Å². The smallest absolute Gasteiger partial charge is 0.351 e. The van der Waals surface area contributed by atoms with E-state index in [4.69, 9.17) is 0 Å². The van der Waals surface area contributed by atoms with E-state index in [1.54, 1.807) is 0 Å². The highest BCUT2D eigenvalue weighted by Crippen LogP contribution is 2.32. The zero-order valence-corrected chi connectivity index (χ0v) is 22.7. The summed E-state index contributed by atoms with van der Waals surface area (Å²) in [6.45, 7) is 0. The zero-order valence-electron chi connectivity index (χ0n) is 21.8. The van der Waals surface area contributed by atoms with Crippen LogP contribution in [0.15, 0.2) is 30.5 Å². The predicted octanol–water partition coefficient (Wildman–Crippen LogP) is 5.92. The van der Waals surface area contributed by atoms with Crippen LogP contribution in [0.2, 0.25) is 0 Å². The van der Waals surface area contributed by atoms with Crippen LogP contribution in [0.4, 0.5) is 32.3 Å². The molecule has 1 aliphatic carbocycles. The van der Waals surface area contributed by atoms with Crippen LogP contribution in [-0.2, 0) is 15.6 Å². The van der Waals surface area contributed by atoms with Crippen molar-refractivity contribution in [2.24, 2.45) is 0 Å². The van der Waals surface area contributed by atoms with Gasteiger partial charge in [0.1, 0.15) is 16.9 Å². The number of pyridine rings is 1. The first kappa shape index (κ1) is 30.0. The second kappa shape index (κ2) is 11.9. The number of hydrogen-bond acceptors (Lipinski definition) is 7. The Morgan fingerprint density at radius 3 is 2.38 bits per heavy atom. The van der Waals surface area contributed by atoms with E-state index in [9.17, 15) is 34.8 Å². The summed E-state index contributed by atoms with van der Waals surface area (Å²) in [5.74, 6) is -2.90. The molecule has 218 valence electrons. The van der Waals surface area contributed by atoms with Crippen LogP contribution in [0.25, 0.3) is 22.3 Å². The number of halogens is 6. The van der Waals surface area contributed by atoms with E-state index in [-0.39, 0.29) is 39.8 Å². The Balaban J connectivity index is 1.56. The van der Waals surface area contributed by atoms with Crippen molar-refractivity contribution in [1.29, 1.82) is 0 Å². The van der Waals surface area contributed by atoms with Crippen molar-refractivity contribution in [2.45, 2.75) is 62.5 Å². The lowest BCUT2D eigenvalue weighted by Gasteiger charge is -2.32. The SMILES string of the molecule is CN(C)C1CCC(Nc2ncc3nc(-c4ccc(CS(=O)(=O)CCC(F)(F)F)c(F)c4)cc(C(F)F)c3n2)CC1. The molecule has 4 rings (SSSR count). The summed E-state index contributed by atoms with van der Waals surface area (Å²) in [7, 11) is -0.164. The molecule has 0 aliphatic heterocycles. The van der Waals surface area contributed by atoms with Crippen molar-refractivity contribution >= 4 is 26.8 Å². The quantitative estimate of drug-likeness (QED) is 0.310. The summed E-state index contributed by atoms with van der Waals surface area (Å²) in [4.78, 5) is 15.0. The summed E-state index contributed by atoms with van der Waals surface area (Å²) in [5.41, 5.74) is -0.683. The van der Waals surface area contributed by atoms with E-state index in [1.165, 1.54) is 12.3 Å². The number of nitrogens with one attached hydrogen (secondary N) is 1. The molecule has 1 aliphatic rings. The van der Waals surface area contributed by atoms with Gasteiger partial charge in [-0.05, 0) is 51.9 Å². The monoisotopic (exact) mass is 589 g/mol. The van der Waals surface area contributed by atoms with E-state index < -0.39 is 51.7 Å². The van der Waals surface area contributed by atoms with Crippen molar-refractivity contribution in [2.75, 3.05) is 25.2 Å². The van der Waals surface area contributed by atoms with Crippen LogP contribution in [0.5, 0.6) is 0 Å². The fraction of sp³-hybridized carbons (Fsp3) is 0.500. The molecule has 1 N–H and O–H groups in total. The van der Waals surface area contributed by atoms with Crippen molar-refractivity contribution in [3.05, 3.63) is 47.4 Å². The summed E-state index contributed by atoms with van der Waals surface area (Å²) < 4.78 is 104. The first-order chi connectivity index (χ1) is 18.7. The van der Waals surface area contributed by atoms with Gasteiger partial charge in [-0.2, -0.15) is 13.2 Å². The Labute approximate surface area is 227 Å². The Kier molecular flexibility index (Phi) is 8.88. The lowest BCUT2D eigenvalue weighted by molar-refractivity contribution is -0.129. The minimum atomic E-state index is -4.66. The maximum atomic E-state index is 14.8. The summed E-state index contributed by atoms with van der Waals surface area (Å²) in [5, 5.41) is 3.22. The average Bonchev–Trinajstić information content (AvgIpc) is 2.88. The van der Waals surface area contributed by atoms with Crippen LogP contribution in [-0.4, -0.2) is 66.4 Å². The molecule has 0 atom stereocenters. The third-order valence-corrected chi connectivity index (χ3v) is 8.57. The van der Waals surface area contributed by atoms with Crippen LogP contribution in [0.3, 0.4) is 0 Å². The molecule has 0 spiro atoms. The predicted molar refractivity (Wildman–Crippen MR) is 139 cm³/mol. The second-order valence-corrected chi connectivity index (χ2v) is 12.4. The number of fused-ring (bicyclic) bond motifs is 1. The highest BCUT2D eigenvalue weighted by molar-refractivity contribution is 7.90. The van der Waals surface area contributed by atoms with Gasteiger partial charge < -0.3 is 10.2 Å². The highest BCUT2D eigenvalue weighted by Gasteiger charge is 2.30. The minimum Gasteiger partial charge on any atom is -0.351 e. The van der Waals surface area contributed by atoms with Gasteiger partial charge in [0.15, 0.2) is 9.84 Å². The lowest BCUT2D eigenvalue weighted by atomic mass is 9.91. The second-order valence-electron chi connectivity index (χ2n) is 10.2. The van der Waals surface area contributed by atoms with Crippen molar-refractivity contribution in [3.63, 3.8) is 0 Å². The molecule has 3 aromatic rings. The molecule has 40 heavy (non-hydrogen) atoms. The van der Waals surface area contributed by atoms with Crippen molar-refractivity contribution in [1.82, 2.24) is 19.9 Å². The molecule has 14 heteroatoms. The van der Waals surface area contributed by atoms with Crippen molar-refractivity contribution < 1.29 is 34.8 Å². The number of anilines is 1. The molecule has 0 unspecified atom stereocenters. The highest BCUT2D eigenvalue weighted by atomic mass is 32.2. The lowest BCUT2D eigenvalue weighted by Crippen LogP contribution is -2.36. The molecule has 1 saturated carbocycles. The van der Waals surface area contributed by atoms with E-state index in [0.29, 0.717) is 6.04 Å². The van der Waals surface area contributed by atoms with Gasteiger partial charge in [0.25, 0.3) is 6.43 Å². The molecular formula is C26H29F6N5O2S. The number of nitrogens with zero attached hydrogens (tertiary/aromatic N) is 4. The fourth-order valence-electron chi connectivity index (χ4n) is 4.75. The maximum absolute atomic E-state index is 14.8. The molecule has 1 fully saturated rings. The Hall–Kier alpha value is -3.00. The van der Waals surface area contributed by atoms with Gasteiger partial charge in [-0.25, -0.2) is 36.5 Å². The summed E-state index contributed by atoms with van der Waals surface area (Å²) in [6, 6.07) is 4.97. The Morgan fingerprint density at radius 2 is 1.77 bits per heavy atom. The van der Waals surface area contributed by atoms with Gasteiger partial charge in [-0.15, -0.1) is 0 Å². The number of alkyl halides is 5. The summed E-state index contributed by atoms with van der Waals surface area (Å²) >= 11 is 0. The third-order valence-electron chi connectivity index (χ3n) is 6.99. The topological polar surface area (TPSA) is 88.1 Å². The van der Waals surface area contributed by atoms with Gasteiger partial charge in [0.05, 0.1) is 29.8 Å². The normalized spacial score (nSPS) is 18.6. The van der Waals surface area contributed by atoms with Crippen LogP contribution < -0.4 is 5.32 Å². The largest absolute Gasteiger partial charge is 0.390 e. The van der Waals surface area contributed by atoms with Crippen molar-refractivity contribution in [3.8, 4) is 11.3 Å². The molecule has 0 bridgehead atoms. The molecular weight excluding hydrogens is 560 g/mol. The van der Waals surface area contributed by atoms with Gasteiger partial charge in [-0.1, -0.05) is 12.1 Å². The van der Waals surface area contributed by atoms with E-state index in [0.717, 1.165) is 43.9 Å². The van der Waals surface area contributed by atoms with Gasteiger partial charge >= 0.3 is 6.18 Å². The average molecular weight is 590 g/mol. The minimum absolute atomic E-state index is 0.0144. The third kappa shape index (κ3) is 7.59. The number of rotatable bonds is 9. The van der Waals surface area contributed by atoms with E-state index in [2.05, 4.69) is 25.2 Å². The van der Waals surface area contributed by atoms with Crippen LogP contribution in [0, 0.1) is 5.82 Å². The first-order valence-electron chi connectivity index (χ1n) is 12.7. The van der Waals surface area contributed by atoms with Crippen LogP contribution in [0.1, 0.15) is 49.7 Å². The first-order valence-corrected chi connectivity index (χ1v) is 14.5. The molecule has 2 heterocycles. The molecule has 0 amide bonds. The number of aromatic nitrogens is 3. The molecule has 7 nitrogen and oxygen atoms in total. The molecule has 1 aromatic carbocycles. The van der Waals surface area contributed by atoms with Gasteiger partial charge in [0, 0.05) is 28.8 Å². The number of hydrogen-bond donors (Lipinski definition) is 1. The van der Waals surface area contributed by atoms with Gasteiger partial charge in [0.2, 0.25) is 5.95 Å². The Morgan fingerprint density at radius 1 is 1.07 bits per heavy atom.